The molecule has 7 heteroatoms. The minimum atomic E-state index is -1.23. The van der Waals surface area contributed by atoms with Crippen molar-refractivity contribution in [2.45, 2.75) is 0 Å². The molecule has 0 atom stereocenters. The molecule has 4 N–H and O–H groups in total. The molecule has 0 heterocycles. The summed E-state index contributed by atoms with van der Waals surface area (Å²) in [6, 6.07) is 6.22. The second kappa shape index (κ2) is 5.61. The SMILES string of the molecule is Nc1ccc(F)c(F)c1NC(=O)c1ccc(I)c(O)c1. The fourth-order valence-corrected chi connectivity index (χ4v) is 1.87. The van der Waals surface area contributed by atoms with E-state index in [9.17, 15) is 18.7 Å². The van der Waals surface area contributed by atoms with Crippen LogP contribution in [-0.2, 0) is 0 Å². The summed E-state index contributed by atoms with van der Waals surface area (Å²) in [5.41, 5.74) is 5.09. The number of carbonyl (C=O) groups is 1. The van der Waals surface area contributed by atoms with E-state index in [1.165, 1.54) is 18.2 Å². The average Bonchev–Trinajstić information content (AvgIpc) is 2.42. The maximum atomic E-state index is 13.6. The maximum absolute atomic E-state index is 13.6. The van der Waals surface area contributed by atoms with Crippen molar-refractivity contribution in [3.8, 4) is 5.75 Å². The third kappa shape index (κ3) is 2.82. The Morgan fingerprint density at radius 3 is 2.60 bits per heavy atom. The highest BCUT2D eigenvalue weighted by Crippen LogP contribution is 2.26. The van der Waals surface area contributed by atoms with Crippen molar-refractivity contribution in [3.05, 3.63) is 51.1 Å². The molecule has 0 unspecified atom stereocenters. The normalized spacial score (nSPS) is 10.3. The standard InChI is InChI=1S/C13H9F2IN2O2/c14-7-2-4-9(17)12(11(7)15)18-13(20)6-1-3-8(16)10(19)5-6/h1-5,19H,17H2,(H,18,20). The van der Waals surface area contributed by atoms with Crippen LogP contribution in [0.5, 0.6) is 5.75 Å². The first-order chi connectivity index (χ1) is 9.40. The number of aromatic hydroxyl groups is 1. The van der Waals surface area contributed by atoms with Crippen LogP contribution >= 0.6 is 22.6 Å². The Labute approximate surface area is 126 Å². The molecule has 1 amide bonds. The van der Waals surface area contributed by atoms with E-state index in [2.05, 4.69) is 5.32 Å². The molecule has 2 aromatic rings. The molecular weight excluding hydrogens is 381 g/mol. The van der Waals surface area contributed by atoms with Crippen LogP contribution in [0.2, 0.25) is 0 Å². The topological polar surface area (TPSA) is 75.3 Å². The molecule has 0 aromatic heterocycles. The second-order valence-electron chi connectivity index (χ2n) is 3.95. The summed E-state index contributed by atoms with van der Waals surface area (Å²) in [4.78, 5) is 11.9. The predicted molar refractivity (Wildman–Crippen MR) is 79.5 cm³/mol. The first-order valence-electron chi connectivity index (χ1n) is 5.43. The van der Waals surface area contributed by atoms with Crippen molar-refractivity contribution in [3.63, 3.8) is 0 Å². The average molecular weight is 390 g/mol. The van der Waals surface area contributed by atoms with Crippen LogP contribution in [0.15, 0.2) is 30.3 Å². The van der Waals surface area contributed by atoms with Gasteiger partial charge in [-0.05, 0) is 52.9 Å². The summed E-state index contributed by atoms with van der Waals surface area (Å²) in [5, 5.41) is 11.7. The number of hydrogen-bond acceptors (Lipinski definition) is 3. The van der Waals surface area contributed by atoms with Gasteiger partial charge in [-0.25, -0.2) is 8.78 Å². The summed E-state index contributed by atoms with van der Waals surface area (Å²) in [6.45, 7) is 0. The van der Waals surface area contributed by atoms with Crippen molar-refractivity contribution < 1.29 is 18.7 Å². The molecule has 0 bridgehead atoms. The molecule has 0 saturated heterocycles. The van der Waals surface area contributed by atoms with Crippen LogP contribution < -0.4 is 11.1 Å². The van der Waals surface area contributed by atoms with E-state index in [4.69, 9.17) is 5.73 Å². The van der Waals surface area contributed by atoms with Crippen molar-refractivity contribution in [1.82, 2.24) is 0 Å². The first-order valence-corrected chi connectivity index (χ1v) is 6.51. The highest BCUT2D eigenvalue weighted by atomic mass is 127. The van der Waals surface area contributed by atoms with Gasteiger partial charge in [0, 0.05) is 5.56 Å². The summed E-state index contributed by atoms with van der Waals surface area (Å²) in [5.74, 6) is -3.12. The number of nitrogens with one attached hydrogen (secondary N) is 1. The van der Waals surface area contributed by atoms with Crippen LogP contribution in [0.1, 0.15) is 10.4 Å². The smallest absolute Gasteiger partial charge is 0.255 e. The van der Waals surface area contributed by atoms with Gasteiger partial charge in [0.15, 0.2) is 11.6 Å². The van der Waals surface area contributed by atoms with Crippen LogP contribution in [-0.4, -0.2) is 11.0 Å². The van der Waals surface area contributed by atoms with E-state index in [0.717, 1.165) is 12.1 Å². The van der Waals surface area contributed by atoms with Gasteiger partial charge in [0.1, 0.15) is 11.4 Å². The molecule has 20 heavy (non-hydrogen) atoms. The zero-order chi connectivity index (χ0) is 14.9. The summed E-state index contributed by atoms with van der Waals surface area (Å²) < 4.78 is 27.2. The minimum absolute atomic E-state index is 0.0778. The number of hydrogen-bond donors (Lipinski definition) is 3. The van der Waals surface area contributed by atoms with Crippen LogP contribution in [0, 0.1) is 15.2 Å². The van der Waals surface area contributed by atoms with Crippen molar-refractivity contribution >= 4 is 39.9 Å². The van der Waals surface area contributed by atoms with Crippen LogP contribution in [0.3, 0.4) is 0 Å². The molecule has 0 fully saturated rings. The molecule has 0 aliphatic rings. The zero-order valence-corrected chi connectivity index (χ0v) is 12.1. The van der Waals surface area contributed by atoms with Gasteiger partial charge in [-0.15, -0.1) is 0 Å². The quantitative estimate of drug-likeness (QED) is 0.545. The van der Waals surface area contributed by atoms with Gasteiger partial charge in [-0.2, -0.15) is 0 Å². The van der Waals surface area contributed by atoms with Gasteiger partial charge in [0.25, 0.3) is 5.91 Å². The lowest BCUT2D eigenvalue weighted by atomic mass is 10.2. The van der Waals surface area contributed by atoms with Crippen molar-refractivity contribution in [2.75, 3.05) is 11.1 Å². The van der Waals surface area contributed by atoms with E-state index in [1.54, 1.807) is 0 Å². The number of anilines is 2. The van der Waals surface area contributed by atoms with Gasteiger partial charge >= 0.3 is 0 Å². The molecule has 0 radical (unpaired) electrons. The van der Waals surface area contributed by atoms with E-state index < -0.39 is 23.2 Å². The number of phenols is 1. The number of halogens is 3. The number of benzene rings is 2. The molecule has 4 nitrogen and oxygen atoms in total. The van der Waals surface area contributed by atoms with Gasteiger partial charge in [0.2, 0.25) is 0 Å². The van der Waals surface area contributed by atoms with Gasteiger partial charge in [-0.3, -0.25) is 4.79 Å². The lowest BCUT2D eigenvalue weighted by Crippen LogP contribution is -2.15. The van der Waals surface area contributed by atoms with E-state index >= 15 is 0 Å². The third-order valence-corrected chi connectivity index (χ3v) is 3.49. The van der Waals surface area contributed by atoms with Gasteiger partial charge in [0.05, 0.1) is 9.26 Å². The Morgan fingerprint density at radius 1 is 1.25 bits per heavy atom. The number of nitrogen functional groups attached to an aromatic ring is 1. The van der Waals surface area contributed by atoms with Crippen molar-refractivity contribution in [1.29, 1.82) is 0 Å². The lowest BCUT2D eigenvalue weighted by molar-refractivity contribution is 0.102. The van der Waals surface area contributed by atoms with E-state index in [1.807, 2.05) is 22.6 Å². The largest absolute Gasteiger partial charge is 0.507 e. The van der Waals surface area contributed by atoms with Gasteiger partial charge in [-0.1, -0.05) is 0 Å². The molecule has 2 rings (SSSR count). The van der Waals surface area contributed by atoms with Gasteiger partial charge < -0.3 is 16.2 Å². The van der Waals surface area contributed by atoms with E-state index in [-0.39, 0.29) is 17.0 Å². The minimum Gasteiger partial charge on any atom is -0.507 e. The zero-order valence-electron chi connectivity index (χ0n) is 9.95. The summed E-state index contributed by atoms with van der Waals surface area (Å²) in [6.07, 6.45) is 0. The molecule has 0 aliphatic carbocycles. The monoisotopic (exact) mass is 390 g/mol. The number of carbonyl (C=O) groups excluding carboxylic acids is 1. The van der Waals surface area contributed by atoms with Crippen LogP contribution in [0.4, 0.5) is 20.2 Å². The number of nitrogens with two attached hydrogens (primary N) is 1. The molecule has 0 spiro atoms. The molecule has 104 valence electrons. The summed E-state index contributed by atoms with van der Waals surface area (Å²) >= 11 is 1.89. The predicted octanol–water partition coefficient (Wildman–Crippen LogP) is 3.11. The Morgan fingerprint density at radius 2 is 1.95 bits per heavy atom. The molecule has 2 aromatic carbocycles. The lowest BCUT2D eigenvalue weighted by Gasteiger charge is -2.10. The Hall–Kier alpha value is -1.90. The third-order valence-electron chi connectivity index (χ3n) is 2.57. The van der Waals surface area contributed by atoms with E-state index in [0.29, 0.717) is 3.57 Å². The highest BCUT2D eigenvalue weighted by Gasteiger charge is 2.16. The number of phenolic OH excluding ortho intramolecular Hbond substituents is 1. The maximum Gasteiger partial charge on any atom is 0.255 e. The Kier molecular flexibility index (Phi) is 4.07. The summed E-state index contributed by atoms with van der Waals surface area (Å²) in [7, 11) is 0. The van der Waals surface area contributed by atoms with Crippen molar-refractivity contribution in [2.24, 2.45) is 0 Å². The Bertz CT molecular complexity index is 692. The molecular formula is C13H9F2IN2O2. The second-order valence-corrected chi connectivity index (χ2v) is 5.11. The fraction of sp³-hybridized carbons (Fsp3) is 0. The fourth-order valence-electron chi connectivity index (χ4n) is 1.53. The number of amides is 1. The Balaban J connectivity index is 2.32. The first kappa shape index (κ1) is 14.5. The molecule has 0 saturated carbocycles. The van der Waals surface area contributed by atoms with Crippen LogP contribution in [0.25, 0.3) is 0 Å². The molecule has 0 aliphatic heterocycles. The number of rotatable bonds is 2. The highest BCUT2D eigenvalue weighted by molar-refractivity contribution is 14.1.